The maximum absolute atomic E-state index is 12.7. The fourth-order valence-electron chi connectivity index (χ4n) is 3.10. The molecule has 8 heteroatoms. The lowest BCUT2D eigenvalue weighted by molar-refractivity contribution is 0.0720. The van der Waals surface area contributed by atoms with Crippen LogP contribution in [0.3, 0.4) is 0 Å². The summed E-state index contributed by atoms with van der Waals surface area (Å²) >= 11 is 0. The third-order valence-corrected chi connectivity index (χ3v) is 4.43. The molecule has 0 saturated heterocycles. The fourth-order valence-corrected chi connectivity index (χ4v) is 3.10. The molecule has 0 radical (unpaired) electrons. The Labute approximate surface area is 149 Å². The van der Waals surface area contributed by atoms with E-state index in [9.17, 15) is 4.79 Å². The maximum atomic E-state index is 12.7. The Kier molecular flexibility index (Phi) is 4.30. The van der Waals surface area contributed by atoms with Gasteiger partial charge in [0.05, 0.1) is 18.9 Å². The van der Waals surface area contributed by atoms with Gasteiger partial charge in [0.25, 0.3) is 11.8 Å². The van der Waals surface area contributed by atoms with Crippen LogP contribution in [0.5, 0.6) is 5.88 Å². The predicted molar refractivity (Wildman–Crippen MR) is 91.6 cm³/mol. The second kappa shape index (κ2) is 6.91. The zero-order valence-corrected chi connectivity index (χ0v) is 14.3. The molecule has 0 unspecified atom stereocenters. The van der Waals surface area contributed by atoms with Crippen molar-refractivity contribution in [3.63, 3.8) is 0 Å². The lowest BCUT2D eigenvalue weighted by atomic mass is 10.0. The van der Waals surface area contributed by atoms with Crippen molar-refractivity contribution in [1.29, 1.82) is 0 Å². The van der Waals surface area contributed by atoms with Gasteiger partial charge in [0, 0.05) is 48.7 Å². The van der Waals surface area contributed by atoms with Crippen LogP contribution < -0.4 is 4.74 Å². The lowest BCUT2D eigenvalue weighted by Gasteiger charge is -2.18. The zero-order chi connectivity index (χ0) is 17.9. The number of methoxy groups -OCH3 is 1. The molecule has 0 atom stereocenters. The first kappa shape index (κ1) is 16.2. The Morgan fingerprint density at radius 3 is 2.77 bits per heavy atom. The summed E-state index contributed by atoms with van der Waals surface area (Å²) in [5, 5.41) is 3.69. The molecule has 0 saturated carbocycles. The van der Waals surface area contributed by atoms with E-state index >= 15 is 0 Å². The molecule has 0 spiro atoms. The number of hydrogen-bond donors (Lipinski definition) is 0. The Morgan fingerprint density at radius 2 is 2.00 bits per heavy atom. The van der Waals surface area contributed by atoms with E-state index < -0.39 is 0 Å². The van der Waals surface area contributed by atoms with Crippen LogP contribution in [0.4, 0.5) is 0 Å². The summed E-state index contributed by atoms with van der Waals surface area (Å²) in [4.78, 5) is 27.4. The molecule has 0 fully saturated rings. The van der Waals surface area contributed by atoms with Crippen molar-refractivity contribution in [1.82, 2.24) is 25.0 Å². The third kappa shape index (κ3) is 3.01. The normalized spacial score (nSPS) is 13.8. The lowest BCUT2D eigenvalue weighted by Crippen LogP contribution is -2.33. The van der Waals surface area contributed by atoms with E-state index in [0.29, 0.717) is 25.9 Å². The van der Waals surface area contributed by atoms with E-state index in [0.717, 1.165) is 22.5 Å². The minimum atomic E-state index is -0.202. The molecule has 26 heavy (non-hydrogen) atoms. The molecular formula is C18H17N5O3. The quantitative estimate of drug-likeness (QED) is 0.710. The molecule has 4 rings (SSSR count). The number of hydrogen-bond acceptors (Lipinski definition) is 7. The highest BCUT2D eigenvalue weighted by Gasteiger charge is 2.25. The molecule has 1 aliphatic heterocycles. The van der Waals surface area contributed by atoms with Gasteiger partial charge in [-0.1, -0.05) is 0 Å². The molecule has 1 amide bonds. The van der Waals surface area contributed by atoms with E-state index in [-0.39, 0.29) is 17.5 Å². The Bertz CT molecular complexity index is 926. The Morgan fingerprint density at radius 1 is 1.19 bits per heavy atom. The van der Waals surface area contributed by atoms with Gasteiger partial charge in [-0.2, -0.15) is 0 Å². The number of fused-ring (bicyclic) bond motifs is 1. The summed E-state index contributed by atoms with van der Waals surface area (Å²) in [6, 6.07) is 5.36. The smallest absolute Gasteiger partial charge is 0.292 e. The van der Waals surface area contributed by atoms with Crippen LogP contribution in [0.15, 0.2) is 41.4 Å². The largest absolute Gasteiger partial charge is 0.479 e. The third-order valence-electron chi connectivity index (χ3n) is 4.43. The molecule has 3 aromatic rings. The van der Waals surface area contributed by atoms with Crippen LogP contribution in [-0.4, -0.2) is 51.1 Å². The van der Waals surface area contributed by atoms with Crippen molar-refractivity contribution in [2.24, 2.45) is 0 Å². The first-order valence-electron chi connectivity index (χ1n) is 8.29. The average molecular weight is 351 g/mol. The van der Waals surface area contributed by atoms with Crippen molar-refractivity contribution in [2.45, 2.75) is 12.8 Å². The van der Waals surface area contributed by atoms with Gasteiger partial charge in [-0.3, -0.25) is 9.78 Å². The Hall–Kier alpha value is -3.29. The van der Waals surface area contributed by atoms with Crippen molar-refractivity contribution < 1.29 is 14.1 Å². The standard InChI is InChI=1S/C18H17N5O3/c1-25-16-10-15(26-22-16)18(24)23-8-4-13-14(5-9-23)20-11-21-17(13)12-2-6-19-7-3-12/h2-3,6-7,10-11H,4-5,8-9H2,1H3. The van der Waals surface area contributed by atoms with Crippen LogP contribution in [0.2, 0.25) is 0 Å². The monoisotopic (exact) mass is 351 g/mol. The number of amides is 1. The second-order valence-electron chi connectivity index (χ2n) is 5.91. The van der Waals surface area contributed by atoms with Crippen LogP contribution in [0, 0.1) is 0 Å². The SMILES string of the molecule is COc1cc(C(=O)N2CCc3ncnc(-c4ccncc4)c3CC2)on1. The van der Waals surface area contributed by atoms with Crippen molar-refractivity contribution in [3.8, 4) is 17.1 Å². The highest BCUT2D eigenvalue weighted by atomic mass is 16.5. The maximum Gasteiger partial charge on any atom is 0.292 e. The van der Waals surface area contributed by atoms with E-state index in [2.05, 4.69) is 20.1 Å². The van der Waals surface area contributed by atoms with Crippen LogP contribution >= 0.6 is 0 Å². The number of aromatic nitrogens is 4. The van der Waals surface area contributed by atoms with Gasteiger partial charge in [-0.25, -0.2) is 9.97 Å². The van der Waals surface area contributed by atoms with Gasteiger partial charge in [-0.05, 0) is 23.7 Å². The minimum absolute atomic E-state index is 0.174. The zero-order valence-electron chi connectivity index (χ0n) is 14.3. The second-order valence-corrected chi connectivity index (χ2v) is 5.91. The first-order valence-corrected chi connectivity index (χ1v) is 8.29. The molecule has 0 aliphatic carbocycles. The number of carbonyl (C=O) groups excluding carboxylic acids is 1. The number of rotatable bonds is 3. The number of carbonyl (C=O) groups is 1. The number of nitrogens with zero attached hydrogens (tertiary/aromatic N) is 5. The van der Waals surface area contributed by atoms with Crippen LogP contribution in [-0.2, 0) is 12.8 Å². The van der Waals surface area contributed by atoms with Crippen molar-refractivity contribution in [2.75, 3.05) is 20.2 Å². The van der Waals surface area contributed by atoms with Crippen molar-refractivity contribution in [3.05, 3.63) is 53.9 Å². The van der Waals surface area contributed by atoms with Gasteiger partial charge in [0.1, 0.15) is 6.33 Å². The fraction of sp³-hybridized carbons (Fsp3) is 0.278. The number of ether oxygens (including phenoxy) is 1. The highest BCUT2D eigenvalue weighted by molar-refractivity contribution is 5.91. The van der Waals surface area contributed by atoms with Gasteiger partial charge >= 0.3 is 0 Å². The van der Waals surface area contributed by atoms with Crippen LogP contribution in [0.25, 0.3) is 11.3 Å². The topological polar surface area (TPSA) is 94.2 Å². The summed E-state index contributed by atoms with van der Waals surface area (Å²) in [5.41, 5.74) is 3.94. The van der Waals surface area contributed by atoms with E-state index in [4.69, 9.17) is 9.26 Å². The summed E-state index contributed by atoms with van der Waals surface area (Å²) in [7, 11) is 1.48. The Balaban J connectivity index is 1.59. The summed E-state index contributed by atoms with van der Waals surface area (Å²) in [5.74, 6) is 0.262. The molecule has 4 heterocycles. The molecule has 0 bridgehead atoms. The summed E-state index contributed by atoms with van der Waals surface area (Å²) in [6.07, 6.45) is 6.40. The summed E-state index contributed by atoms with van der Waals surface area (Å²) in [6.45, 7) is 1.11. The van der Waals surface area contributed by atoms with Crippen molar-refractivity contribution >= 4 is 5.91 Å². The van der Waals surface area contributed by atoms with Gasteiger partial charge in [0.15, 0.2) is 0 Å². The molecular weight excluding hydrogens is 334 g/mol. The molecule has 3 aromatic heterocycles. The van der Waals surface area contributed by atoms with E-state index in [1.165, 1.54) is 13.2 Å². The van der Waals surface area contributed by atoms with E-state index in [1.807, 2.05) is 12.1 Å². The van der Waals surface area contributed by atoms with Gasteiger partial charge < -0.3 is 14.2 Å². The predicted octanol–water partition coefficient (Wildman–Crippen LogP) is 1.78. The molecule has 0 aromatic carbocycles. The molecule has 8 nitrogen and oxygen atoms in total. The first-order chi connectivity index (χ1) is 12.8. The van der Waals surface area contributed by atoms with Crippen LogP contribution in [0.1, 0.15) is 21.8 Å². The molecule has 132 valence electrons. The number of pyridine rings is 1. The average Bonchev–Trinajstić information content (AvgIpc) is 3.07. The minimum Gasteiger partial charge on any atom is -0.479 e. The molecule has 1 aliphatic rings. The van der Waals surface area contributed by atoms with Gasteiger partial charge in [-0.15, -0.1) is 0 Å². The highest BCUT2D eigenvalue weighted by Crippen LogP contribution is 2.26. The summed E-state index contributed by atoms with van der Waals surface area (Å²) < 4.78 is 10.1. The van der Waals surface area contributed by atoms with E-state index in [1.54, 1.807) is 23.6 Å². The molecule has 0 N–H and O–H groups in total. The van der Waals surface area contributed by atoms with Gasteiger partial charge in [0.2, 0.25) is 5.76 Å².